The van der Waals surface area contributed by atoms with E-state index in [2.05, 4.69) is 32.6 Å². The van der Waals surface area contributed by atoms with Gasteiger partial charge in [0.1, 0.15) is 5.75 Å². The maximum Gasteiger partial charge on any atom is 0.153 e. The second-order valence-corrected chi connectivity index (χ2v) is 6.69. The van der Waals surface area contributed by atoms with E-state index in [9.17, 15) is 4.79 Å². The number of methoxy groups -OCH3 is 1. The summed E-state index contributed by atoms with van der Waals surface area (Å²) in [7, 11) is 1.63. The van der Waals surface area contributed by atoms with E-state index >= 15 is 0 Å². The van der Waals surface area contributed by atoms with Crippen LogP contribution in [0.15, 0.2) is 12.1 Å². The Kier molecular flexibility index (Phi) is 4.60. The van der Waals surface area contributed by atoms with Crippen molar-refractivity contribution in [3.63, 3.8) is 0 Å². The summed E-state index contributed by atoms with van der Waals surface area (Å²) in [4.78, 5) is 13.8. The first-order valence-electron chi connectivity index (χ1n) is 7.89. The molecule has 1 aliphatic heterocycles. The van der Waals surface area contributed by atoms with Crippen LogP contribution >= 0.6 is 0 Å². The molecule has 2 rings (SSSR count). The Bertz CT molecular complexity index is 522. The summed E-state index contributed by atoms with van der Waals surface area (Å²) >= 11 is 0. The first-order valence-corrected chi connectivity index (χ1v) is 7.89. The van der Waals surface area contributed by atoms with Crippen molar-refractivity contribution in [2.75, 3.05) is 18.6 Å². The lowest BCUT2D eigenvalue weighted by molar-refractivity contribution is 0.112. The third-order valence-electron chi connectivity index (χ3n) is 4.60. The second-order valence-electron chi connectivity index (χ2n) is 6.69. The molecule has 0 amide bonds. The lowest BCUT2D eigenvalue weighted by Gasteiger charge is -2.48. The van der Waals surface area contributed by atoms with Gasteiger partial charge in [-0.1, -0.05) is 20.3 Å². The lowest BCUT2D eigenvalue weighted by Crippen LogP contribution is -2.48. The highest BCUT2D eigenvalue weighted by atomic mass is 16.5. The third-order valence-corrected chi connectivity index (χ3v) is 4.60. The highest BCUT2D eigenvalue weighted by Gasteiger charge is 2.36. The number of carbonyl (C=O) groups excluding carboxylic acids is 1. The van der Waals surface area contributed by atoms with Gasteiger partial charge in [-0.2, -0.15) is 0 Å². The molecule has 3 nitrogen and oxygen atoms in total. The van der Waals surface area contributed by atoms with E-state index in [4.69, 9.17) is 4.74 Å². The van der Waals surface area contributed by atoms with Crippen LogP contribution in [0.25, 0.3) is 0 Å². The minimum absolute atomic E-state index is 0.134. The van der Waals surface area contributed by atoms with Gasteiger partial charge in [-0.25, -0.2) is 0 Å². The molecule has 1 aromatic rings. The van der Waals surface area contributed by atoms with Gasteiger partial charge >= 0.3 is 0 Å². The van der Waals surface area contributed by atoms with Crippen LogP contribution in [0.2, 0.25) is 0 Å². The van der Waals surface area contributed by atoms with Gasteiger partial charge in [-0.3, -0.25) is 4.79 Å². The minimum atomic E-state index is 0.134. The molecule has 1 atom stereocenters. The fourth-order valence-corrected chi connectivity index (χ4v) is 3.54. The monoisotopic (exact) mass is 289 g/mol. The Balaban J connectivity index is 2.54. The zero-order valence-corrected chi connectivity index (χ0v) is 13.9. The van der Waals surface area contributed by atoms with Crippen molar-refractivity contribution in [1.29, 1.82) is 0 Å². The number of aldehydes is 1. The van der Waals surface area contributed by atoms with Gasteiger partial charge in [0.05, 0.1) is 12.7 Å². The van der Waals surface area contributed by atoms with Gasteiger partial charge in [-0.05, 0) is 44.2 Å². The molecular formula is C18H27NO2. The molecule has 0 saturated carbocycles. The Morgan fingerprint density at radius 2 is 2.14 bits per heavy atom. The maximum atomic E-state index is 11.3. The predicted octanol–water partition coefficient (Wildman–Crippen LogP) is 4.40. The molecule has 0 spiro atoms. The van der Waals surface area contributed by atoms with Gasteiger partial charge in [0.25, 0.3) is 0 Å². The van der Waals surface area contributed by atoms with E-state index in [1.807, 2.05) is 12.1 Å². The zero-order chi connectivity index (χ0) is 15.6. The van der Waals surface area contributed by atoms with Crippen molar-refractivity contribution < 1.29 is 9.53 Å². The van der Waals surface area contributed by atoms with Crippen molar-refractivity contribution in [2.24, 2.45) is 0 Å². The molecule has 116 valence electrons. The zero-order valence-electron chi connectivity index (χ0n) is 13.9. The van der Waals surface area contributed by atoms with Crippen molar-refractivity contribution >= 4 is 12.0 Å². The first-order chi connectivity index (χ1) is 9.94. The van der Waals surface area contributed by atoms with Crippen LogP contribution in [0.3, 0.4) is 0 Å². The molecule has 0 fully saturated rings. The van der Waals surface area contributed by atoms with Gasteiger partial charge in [0, 0.05) is 23.8 Å². The largest absolute Gasteiger partial charge is 0.496 e. The van der Waals surface area contributed by atoms with E-state index in [1.54, 1.807) is 7.11 Å². The number of carbonyl (C=O) groups is 1. The van der Waals surface area contributed by atoms with E-state index in [0.717, 1.165) is 19.3 Å². The molecular weight excluding hydrogens is 262 g/mol. The number of hydrogen-bond acceptors (Lipinski definition) is 3. The number of fused-ring (bicyclic) bond motifs is 1. The van der Waals surface area contributed by atoms with Gasteiger partial charge < -0.3 is 9.64 Å². The second kappa shape index (κ2) is 6.08. The first kappa shape index (κ1) is 15.9. The van der Waals surface area contributed by atoms with Crippen molar-refractivity contribution in [3.05, 3.63) is 23.3 Å². The summed E-state index contributed by atoms with van der Waals surface area (Å²) in [5, 5.41) is 0. The molecule has 1 aromatic carbocycles. The van der Waals surface area contributed by atoms with Crippen LogP contribution in [0.5, 0.6) is 5.75 Å². The van der Waals surface area contributed by atoms with Crippen LogP contribution in [-0.2, 0) is 0 Å². The number of nitrogens with zero attached hydrogens (tertiary/aromatic N) is 1. The maximum absolute atomic E-state index is 11.3. The number of unbranched alkanes of at least 4 members (excludes halogenated alkanes) is 1. The van der Waals surface area contributed by atoms with Crippen LogP contribution in [0.4, 0.5) is 5.69 Å². The van der Waals surface area contributed by atoms with Gasteiger partial charge in [-0.15, -0.1) is 0 Å². The molecule has 1 aliphatic rings. The van der Waals surface area contributed by atoms with Crippen LogP contribution < -0.4 is 9.64 Å². The summed E-state index contributed by atoms with van der Waals surface area (Å²) in [6, 6.07) is 4.06. The Morgan fingerprint density at radius 1 is 1.43 bits per heavy atom. The number of hydrogen-bond donors (Lipinski definition) is 0. The SMILES string of the molecule is CCCCN1c2cc(OC)c(C=O)cc2[C@@H](C)CC1(C)C. The minimum Gasteiger partial charge on any atom is -0.496 e. The van der Waals surface area contributed by atoms with Gasteiger partial charge in [0.15, 0.2) is 6.29 Å². The standard InChI is InChI=1S/C18H27NO2/c1-6-7-8-19-16-10-17(21-5)14(12-20)9-15(16)13(2)11-18(19,3)4/h9-10,12-13H,6-8,11H2,1-5H3/t13-/m0/s1. The number of anilines is 1. The fraction of sp³-hybridized carbons (Fsp3) is 0.611. The highest BCUT2D eigenvalue weighted by Crippen LogP contribution is 2.45. The molecule has 0 radical (unpaired) electrons. The van der Waals surface area contributed by atoms with E-state index in [1.165, 1.54) is 24.1 Å². The number of rotatable bonds is 5. The molecule has 3 heteroatoms. The predicted molar refractivity (Wildman–Crippen MR) is 87.7 cm³/mol. The molecule has 0 unspecified atom stereocenters. The summed E-state index contributed by atoms with van der Waals surface area (Å²) in [6.07, 6.45) is 4.35. The number of benzene rings is 1. The fourth-order valence-electron chi connectivity index (χ4n) is 3.54. The summed E-state index contributed by atoms with van der Waals surface area (Å²) in [5.74, 6) is 1.13. The quantitative estimate of drug-likeness (QED) is 0.752. The van der Waals surface area contributed by atoms with Gasteiger partial charge in [0.2, 0.25) is 0 Å². The Morgan fingerprint density at radius 3 is 2.71 bits per heavy atom. The Hall–Kier alpha value is -1.51. The van der Waals surface area contributed by atoms with E-state index in [0.29, 0.717) is 17.2 Å². The highest BCUT2D eigenvalue weighted by molar-refractivity contribution is 5.82. The summed E-state index contributed by atoms with van der Waals surface area (Å²) < 4.78 is 5.40. The molecule has 0 aromatic heterocycles. The molecule has 0 bridgehead atoms. The average molecular weight is 289 g/mol. The molecule has 0 N–H and O–H groups in total. The van der Waals surface area contributed by atoms with E-state index in [-0.39, 0.29) is 5.54 Å². The normalized spacial score (nSPS) is 20.0. The molecule has 0 aliphatic carbocycles. The summed E-state index contributed by atoms with van der Waals surface area (Å²) in [5.41, 5.74) is 3.29. The topological polar surface area (TPSA) is 29.5 Å². The molecule has 0 saturated heterocycles. The van der Waals surface area contributed by atoms with Crippen molar-refractivity contribution in [3.8, 4) is 5.75 Å². The van der Waals surface area contributed by atoms with Crippen LogP contribution in [-0.4, -0.2) is 25.5 Å². The van der Waals surface area contributed by atoms with Crippen molar-refractivity contribution in [1.82, 2.24) is 0 Å². The molecule has 21 heavy (non-hydrogen) atoms. The van der Waals surface area contributed by atoms with Crippen LogP contribution in [0, 0.1) is 0 Å². The van der Waals surface area contributed by atoms with E-state index < -0.39 is 0 Å². The lowest BCUT2D eigenvalue weighted by atomic mass is 9.79. The van der Waals surface area contributed by atoms with Crippen LogP contribution in [0.1, 0.15) is 68.8 Å². The smallest absolute Gasteiger partial charge is 0.153 e. The third kappa shape index (κ3) is 2.92. The van der Waals surface area contributed by atoms with Crippen molar-refractivity contribution in [2.45, 2.75) is 58.4 Å². The average Bonchev–Trinajstić information content (AvgIpc) is 2.45. The molecule has 1 heterocycles. The number of ether oxygens (including phenoxy) is 1. The summed E-state index contributed by atoms with van der Waals surface area (Å²) in [6.45, 7) is 10.1. The Labute approximate surface area is 128 Å².